The number of carbonyl (C=O) groups is 2. The van der Waals surface area contributed by atoms with Crippen LogP contribution in [0.25, 0.3) is 0 Å². The zero-order valence-electron chi connectivity index (χ0n) is 8.74. The summed E-state index contributed by atoms with van der Waals surface area (Å²) in [6.07, 6.45) is 2.14. The summed E-state index contributed by atoms with van der Waals surface area (Å²) in [4.78, 5) is 23.5. The van der Waals surface area contributed by atoms with Crippen molar-refractivity contribution in [1.29, 1.82) is 0 Å². The van der Waals surface area contributed by atoms with Crippen molar-refractivity contribution < 1.29 is 26.1 Å². The highest BCUT2D eigenvalue weighted by atomic mass is 32.3. The Morgan fingerprint density at radius 2 is 1.72 bits per heavy atom. The van der Waals surface area contributed by atoms with Crippen LogP contribution in [0.3, 0.4) is 0 Å². The molecule has 0 saturated carbocycles. The van der Waals surface area contributed by atoms with E-state index in [9.17, 15) is 21.9 Å². The number of rotatable bonds is 3. The summed E-state index contributed by atoms with van der Waals surface area (Å²) < 4.78 is 37.0. The molecular weight excluding hydrogens is 265 g/mol. The molecule has 0 N–H and O–H groups in total. The fourth-order valence-electron chi connectivity index (χ4n) is 1.44. The van der Waals surface area contributed by atoms with E-state index in [1.807, 2.05) is 0 Å². The van der Waals surface area contributed by atoms with Crippen LogP contribution in [0.4, 0.5) is 9.57 Å². The van der Waals surface area contributed by atoms with E-state index in [2.05, 4.69) is 4.18 Å². The van der Waals surface area contributed by atoms with Crippen molar-refractivity contribution >= 4 is 28.0 Å². The van der Waals surface area contributed by atoms with Gasteiger partial charge in [-0.25, -0.2) is 4.90 Å². The summed E-state index contributed by atoms with van der Waals surface area (Å²) in [7, 11) is -5.15. The van der Waals surface area contributed by atoms with Gasteiger partial charge in [-0.1, -0.05) is 9.95 Å². The first-order valence-electron chi connectivity index (χ1n) is 4.67. The van der Waals surface area contributed by atoms with Crippen LogP contribution in [0.5, 0.6) is 5.75 Å². The molecule has 18 heavy (non-hydrogen) atoms. The van der Waals surface area contributed by atoms with E-state index in [1.54, 1.807) is 0 Å². The summed E-state index contributed by atoms with van der Waals surface area (Å²) in [6, 6.07) is 4.97. The minimum absolute atomic E-state index is 0.0937. The van der Waals surface area contributed by atoms with Gasteiger partial charge >= 0.3 is 10.5 Å². The van der Waals surface area contributed by atoms with Crippen molar-refractivity contribution in [2.45, 2.75) is 0 Å². The van der Waals surface area contributed by atoms with E-state index < -0.39 is 22.3 Å². The standard InChI is InChI=1S/C10H6FNO5S/c11-18(15,16)17-8-3-1-2-7(6-8)12-9(13)4-5-10(12)14/h1-6H. The fraction of sp³-hybridized carbons (Fsp3) is 0. The van der Waals surface area contributed by atoms with Gasteiger partial charge in [-0.2, -0.15) is 8.42 Å². The Kier molecular flexibility index (Phi) is 2.87. The van der Waals surface area contributed by atoms with Crippen LogP contribution in [-0.2, 0) is 20.1 Å². The lowest BCUT2D eigenvalue weighted by atomic mass is 10.3. The molecule has 1 aliphatic heterocycles. The molecule has 2 amide bonds. The van der Waals surface area contributed by atoms with Gasteiger partial charge in [-0.3, -0.25) is 9.59 Å². The van der Waals surface area contributed by atoms with Gasteiger partial charge in [0.25, 0.3) is 11.8 Å². The number of benzene rings is 1. The molecule has 1 aromatic carbocycles. The van der Waals surface area contributed by atoms with Gasteiger partial charge in [0.2, 0.25) is 0 Å². The predicted octanol–water partition coefficient (Wildman–Crippen LogP) is 0.709. The molecule has 1 heterocycles. The van der Waals surface area contributed by atoms with Gasteiger partial charge in [-0.05, 0) is 12.1 Å². The van der Waals surface area contributed by atoms with Crippen LogP contribution < -0.4 is 9.08 Å². The van der Waals surface area contributed by atoms with Crippen molar-refractivity contribution in [3.63, 3.8) is 0 Å². The molecule has 2 rings (SSSR count). The molecule has 0 atom stereocenters. The molecular formula is C10H6FNO5S. The number of carbonyl (C=O) groups excluding carboxylic acids is 2. The summed E-state index contributed by atoms with van der Waals surface area (Å²) in [5, 5.41) is 0. The van der Waals surface area contributed by atoms with Crippen LogP contribution in [0.1, 0.15) is 0 Å². The second-order valence-electron chi connectivity index (χ2n) is 3.32. The van der Waals surface area contributed by atoms with Crippen LogP contribution in [0, 0.1) is 0 Å². The molecule has 0 saturated heterocycles. The lowest BCUT2D eigenvalue weighted by molar-refractivity contribution is -0.119. The van der Waals surface area contributed by atoms with Gasteiger partial charge in [0.1, 0.15) is 5.75 Å². The van der Waals surface area contributed by atoms with Crippen LogP contribution >= 0.6 is 0 Å². The molecule has 6 nitrogen and oxygen atoms in total. The largest absolute Gasteiger partial charge is 0.488 e. The summed E-state index contributed by atoms with van der Waals surface area (Å²) >= 11 is 0. The van der Waals surface area contributed by atoms with Gasteiger partial charge in [-0.15, -0.1) is 0 Å². The first-order valence-corrected chi connectivity index (χ1v) is 5.98. The molecule has 1 aliphatic rings. The topological polar surface area (TPSA) is 80.8 Å². The Morgan fingerprint density at radius 1 is 1.11 bits per heavy atom. The number of nitrogens with zero attached hydrogens (tertiary/aromatic N) is 1. The molecule has 0 unspecified atom stereocenters. The summed E-state index contributed by atoms with van der Waals surface area (Å²) in [5.41, 5.74) is 0.0937. The maximum Gasteiger partial charge on any atom is 0.488 e. The minimum Gasteiger partial charge on any atom is -0.358 e. The Labute approximate surface area is 102 Å². The maximum atomic E-state index is 12.3. The molecule has 1 aromatic rings. The van der Waals surface area contributed by atoms with Gasteiger partial charge in [0, 0.05) is 18.2 Å². The minimum atomic E-state index is -5.15. The first kappa shape index (κ1) is 12.2. The SMILES string of the molecule is O=C1C=CC(=O)N1c1cccc(OS(=O)(=O)F)c1. The van der Waals surface area contributed by atoms with Gasteiger partial charge in [0.05, 0.1) is 5.69 Å². The zero-order valence-corrected chi connectivity index (χ0v) is 9.56. The third kappa shape index (κ3) is 2.54. The molecule has 0 aromatic heterocycles. The Balaban J connectivity index is 2.33. The van der Waals surface area contributed by atoms with Crippen LogP contribution in [-0.4, -0.2) is 20.2 Å². The highest BCUT2D eigenvalue weighted by Crippen LogP contribution is 2.24. The third-order valence-corrected chi connectivity index (χ3v) is 2.47. The number of halogens is 1. The molecule has 94 valence electrons. The van der Waals surface area contributed by atoms with Crippen molar-refractivity contribution in [2.75, 3.05) is 4.90 Å². The maximum absolute atomic E-state index is 12.3. The van der Waals surface area contributed by atoms with Gasteiger partial charge in [0.15, 0.2) is 0 Å². The monoisotopic (exact) mass is 271 g/mol. The van der Waals surface area contributed by atoms with Crippen molar-refractivity contribution in [1.82, 2.24) is 0 Å². The molecule has 0 spiro atoms. The Bertz CT molecular complexity index is 634. The molecule has 0 radical (unpaired) electrons. The van der Waals surface area contributed by atoms with E-state index in [0.717, 1.165) is 23.1 Å². The van der Waals surface area contributed by atoms with Crippen LogP contribution in [0.2, 0.25) is 0 Å². The smallest absolute Gasteiger partial charge is 0.358 e. The van der Waals surface area contributed by atoms with E-state index in [0.29, 0.717) is 0 Å². The van der Waals surface area contributed by atoms with Crippen molar-refractivity contribution in [2.24, 2.45) is 0 Å². The van der Waals surface area contributed by atoms with Crippen molar-refractivity contribution in [3.8, 4) is 5.75 Å². The molecule has 0 aliphatic carbocycles. The van der Waals surface area contributed by atoms with Crippen molar-refractivity contribution in [3.05, 3.63) is 36.4 Å². The Morgan fingerprint density at radius 3 is 2.28 bits per heavy atom. The number of hydrogen-bond acceptors (Lipinski definition) is 5. The van der Waals surface area contributed by atoms with E-state index >= 15 is 0 Å². The van der Waals surface area contributed by atoms with E-state index in [-0.39, 0.29) is 11.4 Å². The van der Waals surface area contributed by atoms with E-state index in [1.165, 1.54) is 18.2 Å². The zero-order chi connectivity index (χ0) is 13.3. The average Bonchev–Trinajstić information content (AvgIpc) is 2.56. The first-order chi connectivity index (χ1) is 8.37. The highest BCUT2D eigenvalue weighted by Gasteiger charge is 2.25. The molecule has 0 bridgehead atoms. The van der Waals surface area contributed by atoms with E-state index in [4.69, 9.17) is 0 Å². The second-order valence-corrected chi connectivity index (χ2v) is 4.27. The number of amides is 2. The van der Waals surface area contributed by atoms with Crippen LogP contribution in [0.15, 0.2) is 36.4 Å². The highest BCUT2D eigenvalue weighted by molar-refractivity contribution is 7.81. The lowest BCUT2D eigenvalue weighted by Gasteiger charge is -2.14. The quantitative estimate of drug-likeness (QED) is 0.597. The summed E-state index contributed by atoms with van der Waals surface area (Å²) in [5.74, 6) is -1.47. The Hall–Kier alpha value is -2.22. The molecule has 8 heteroatoms. The number of anilines is 1. The predicted molar refractivity (Wildman–Crippen MR) is 58.7 cm³/mol. The second kappa shape index (κ2) is 4.22. The lowest BCUT2D eigenvalue weighted by Crippen LogP contribution is -2.29. The molecule has 0 fully saturated rings. The normalized spacial score (nSPS) is 15.3. The number of hydrogen-bond donors (Lipinski definition) is 0. The third-order valence-electron chi connectivity index (χ3n) is 2.08. The average molecular weight is 271 g/mol. The van der Waals surface area contributed by atoms with Gasteiger partial charge < -0.3 is 4.18 Å². The fourth-order valence-corrected chi connectivity index (χ4v) is 1.78. The summed E-state index contributed by atoms with van der Waals surface area (Å²) in [6.45, 7) is 0. The number of imide groups is 1.